The van der Waals surface area contributed by atoms with Crippen molar-refractivity contribution in [1.29, 1.82) is 0 Å². The highest BCUT2D eigenvalue weighted by molar-refractivity contribution is 7.73. The van der Waals surface area contributed by atoms with Gasteiger partial charge in [-0.25, -0.2) is 0 Å². The molecule has 0 aliphatic carbocycles. The molecule has 0 fully saturated rings. The topological polar surface area (TPSA) is 37.5 Å². The van der Waals surface area contributed by atoms with Crippen molar-refractivity contribution in [2.45, 2.75) is 12.7 Å². The second-order valence-corrected chi connectivity index (χ2v) is 5.53. The van der Waals surface area contributed by atoms with Crippen LogP contribution in [0.2, 0.25) is 0 Å². The fraction of sp³-hybridized carbons (Fsp3) is 0.167. The van der Waals surface area contributed by atoms with E-state index < -0.39 is 18.6 Å². The van der Waals surface area contributed by atoms with E-state index in [2.05, 4.69) is 4.99 Å². The van der Waals surface area contributed by atoms with Gasteiger partial charge in [-0.05, 0) is 24.4 Å². The molecule has 1 aromatic heterocycles. The monoisotopic (exact) mass is 318 g/mol. The molecule has 2 rings (SSSR count). The molecular formula is C12H9F3N2OS2. The van der Waals surface area contributed by atoms with Crippen molar-refractivity contribution in [3.63, 3.8) is 0 Å². The van der Waals surface area contributed by atoms with Crippen LogP contribution in [-0.2, 0) is 6.54 Å². The molecule has 0 unspecified atom stereocenters. The molecule has 0 amide bonds. The van der Waals surface area contributed by atoms with Gasteiger partial charge in [-0.3, -0.25) is 9.56 Å². The zero-order chi connectivity index (χ0) is 14.8. The molecule has 1 heterocycles. The lowest BCUT2D eigenvalue weighted by molar-refractivity contribution is -0.141. The van der Waals surface area contributed by atoms with Gasteiger partial charge < -0.3 is 5.11 Å². The summed E-state index contributed by atoms with van der Waals surface area (Å²) in [4.78, 5) is 4.27. The Morgan fingerprint density at radius 3 is 2.55 bits per heavy atom. The van der Waals surface area contributed by atoms with E-state index in [1.165, 1.54) is 6.21 Å². The normalized spacial score (nSPS) is 12.2. The Morgan fingerprint density at radius 2 is 1.95 bits per heavy atom. The van der Waals surface area contributed by atoms with Gasteiger partial charge in [-0.1, -0.05) is 29.5 Å². The largest absolute Gasteiger partial charge is 0.493 e. The minimum atomic E-state index is -4.44. The number of hydrogen-bond acceptors (Lipinski definition) is 4. The van der Waals surface area contributed by atoms with E-state index in [1.54, 1.807) is 24.3 Å². The highest BCUT2D eigenvalue weighted by Gasteiger charge is 2.30. The van der Waals surface area contributed by atoms with Crippen LogP contribution in [0.3, 0.4) is 0 Å². The predicted molar refractivity (Wildman–Crippen MR) is 74.6 cm³/mol. The number of nitrogens with zero attached hydrogens (tertiary/aromatic N) is 2. The standard InChI is InChI=1S/C12H9F3N2OS2/c13-12(14,15)7-17-10(18)9(20-11(17)19)6-16-8-4-2-1-3-5-8/h1-6,18H,7H2. The summed E-state index contributed by atoms with van der Waals surface area (Å²) in [5.74, 6) is -0.517. The van der Waals surface area contributed by atoms with Crippen LogP contribution in [0, 0.1) is 3.95 Å². The molecule has 0 saturated heterocycles. The third-order valence-electron chi connectivity index (χ3n) is 2.32. The van der Waals surface area contributed by atoms with Crippen LogP contribution < -0.4 is 0 Å². The van der Waals surface area contributed by atoms with Gasteiger partial charge in [0.15, 0.2) is 3.95 Å². The predicted octanol–water partition coefficient (Wildman–Crippen LogP) is 4.30. The molecule has 0 atom stereocenters. The second kappa shape index (κ2) is 5.76. The molecule has 3 nitrogen and oxygen atoms in total. The van der Waals surface area contributed by atoms with Crippen molar-refractivity contribution in [3.8, 4) is 5.88 Å². The van der Waals surface area contributed by atoms with E-state index >= 15 is 0 Å². The molecule has 1 N–H and O–H groups in total. The van der Waals surface area contributed by atoms with E-state index in [0.717, 1.165) is 11.3 Å². The van der Waals surface area contributed by atoms with Gasteiger partial charge in [0.05, 0.1) is 11.9 Å². The maximum absolute atomic E-state index is 12.4. The van der Waals surface area contributed by atoms with Gasteiger partial charge >= 0.3 is 6.18 Å². The second-order valence-electron chi connectivity index (χ2n) is 3.85. The SMILES string of the molecule is Oc1c(C=Nc2ccccc2)sc(=S)n1CC(F)(F)F. The Labute approximate surface area is 121 Å². The fourth-order valence-corrected chi connectivity index (χ4v) is 2.64. The van der Waals surface area contributed by atoms with Crippen LogP contribution in [0.5, 0.6) is 5.88 Å². The van der Waals surface area contributed by atoms with Crippen LogP contribution in [0.1, 0.15) is 4.88 Å². The molecule has 0 aliphatic heterocycles. The third kappa shape index (κ3) is 3.67. The molecule has 106 valence electrons. The van der Waals surface area contributed by atoms with Crippen LogP contribution in [0.25, 0.3) is 0 Å². The maximum atomic E-state index is 12.4. The number of rotatable bonds is 3. The number of aromatic hydroxyl groups is 1. The number of benzene rings is 1. The molecule has 0 radical (unpaired) electrons. The number of para-hydroxylation sites is 1. The number of halogens is 3. The quantitative estimate of drug-likeness (QED) is 0.677. The first-order valence-corrected chi connectivity index (χ1v) is 6.68. The molecule has 0 spiro atoms. The molecular weight excluding hydrogens is 309 g/mol. The molecule has 0 aliphatic rings. The summed E-state index contributed by atoms with van der Waals surface area (Å²) in [5, 5.41) is 9.77. The summed E-state index contributed by atoms with van der Waals surface area (Å²) in [7, 11) is 0. The summed E-state index contributed by atoms with van der Waals surface area (Å²) in [6, 6.07) is 8.85. The lowest BCUT2D eigenvalue weighted by Crippen LogP contribution is -2.17. The lowest BCUT2D eigenvalue weighted by atomic mass is 10.3. The Hall–Kier alpha value is -1.67. The van der Waals surface area contributed by atoms with Gasteiger partial charge in [0.2, 0.25) is 5.88 Å². The van der Waals surface area contributed by atoms with Gasteiger partial charge in [0, 0.05) is 0 Å². The van der Waals surface area contributed by atoms with Crippen molar-refractivity contribution in [2.24, 2.45) is 4.99 Å². The first-order chi connectivity index (χ1) is 9.37. The van der Waals surface area contributed by atoms with Crippen molar-refractivity contribution in [3.05, 3.63) is 39.2 Å². The van der Waals surface area contributed by atoms with Crippen molar-refractivity contribution < 1.29 is 18.3 Å². The van der Waals surface area contributed by atoms with Crippen LogP contribution >= 0.6 is 23.6 Å². The number of thiazole rings is 1. The van der Waals surface area contributed by atoms with Crippen LogP contribution in [-0.4, -0.2) is 22.1 Å². The summed E-state index contributed by atoms with van der Waals surface area (Å²) >= 11 is 5.70. The number of alkyl halides is 3. The van der Waals surface area contributed by atoms with Crippen molar-refractivity contribution >= 4 is 35.5 Å². The first-order valence-electron chi connectivity index (χ1n) is 5.45. The summed E-state index contributed by atoms with van der Waals surface area (Å²) in [5.41, 5.74) is 0.633. The molecule has 1 aromatic carbocycles. The smallest absolute Gasteiger partial charge is 0.406 e. The van der Waals surface area contributed by atoms with Gasteiger partial charge in [0.1, 0.15) is 11.4 Å². The first kappa shape index (κ1) is 14.7. The van der Waals surface area contributed by atoms with E-state index in [9.17, 15) is 18.3 Å². The Morgan fingerprint density at radius 1 is 1.30 bits per heavy atom. The Kier molecular flexibility index (Phi) is 4.24. The maximum Gasteiger partial charge on any atom is 0.406 e. The van der Waals surface area contributed by atoms with E-state index in [1.807, 2.05) is 6.07 Å². The Balaban J connectivity index is 2.29. The average Bonchev–Trinajstić information content (AvgIpc) is 2.64. The fourth-order valence-electron chi connectivity index (χ4n) is 1.46. The van der Waals surface area contributed by atoms with Gasteiger partial charge in [0.25, 0.3) is 0 Å². The van der Waals surface area contributed by atoms with E-state index in [4.69, 9.17) is 12.2 Å². The summed E-state index contributed by atoms with van der Waals surface area (Å²) < 4.78 is 37.7. The molecule has 0 saturated carbocycles. The van der Waals surface area contributed by atoms with E-state index in [0.29, 0.717) is 10.3 Å². The number of aromatic nitrogens is 1. The highest BCUT2D eigenvalue weighted by Crippen LogP contribution is 2.29. The number of aliphatic imine (C=N–C) groups is 1. The minimum absolute atomic E-state index is 0.0469. The van der Waals surface area contributed by atoms with Crippen molar-refractivity contribution in [2.75, 3.05) is 0 Å². The van der Waals surface area contributed by atoms with Crippen LogP contribution in [0.4, 0.5) is 18.9 Å². The van der Waals surface area contributed by atoms with Crippen LogP contribution in [0.15, 0.2) is 35.3 Å². The molecule has 0 bridgehead atoms. The molecule has 8 heteroatoms. The molecule has 20 heavy (non-hydrogen) atoms. The zero-order valence-corrected chi connectivity index (χ0v) is 11.6. The zero-order valence-electron chi connectivity index (χ0n) is 9.96. The third-order valence-corrected chi connectivity index (χ3v) is 3.69. The Bertz CT molecular complexity index is 674. The number of hydrogen-bond donors (Lipinski definition) is 1. The lowest BCUT2D eigenvalue weighted by Gasteiger charge is -2.07. The highest BCUT2D eigenvalue weighted by atomic mass is 32.1. The molecule has 2 aromatic rings. The summed E-state index contributed by atoms with van der Waals surface area (Å²) in [6.07, 6.45) is -3.14. The summed E-state index contributed by atoms with van der Waals surface area (Å²) in [6.45, 7) is -1.31. The average molecular weight is 318 g/mol. The van der Waals surface area contributed by atoms with E-state index in [-0.39, 0.29) is 8.83 Å². The minimum Gasteiger partial charge on any atom is -0.493 e. The van der Waals surface area contributed by atoms with Gasteiger partial charge in [-0.15, -0.1) is 0 Å². The van der Waals surface area contributed by atoms with Crippen molar-refractivity contribution in [1.82, 2.24) is 4.57 Å². The van der Waals surface area contributed by atoms with Gasteiger partial charge in [-0.2, -0.15) is 13.2 Å².